The van der Waals surface area contributed by atoms with Gasteiger partial charge in [-0.05, 0) is 6.42 Å². The highest BCUT2D eigenvalue weighted by molar-refractivity contribution is 7.85. The van der Waals surface area contributed by atoms with Crippen molar-refractivity contribution in [1.82, 2.24) is 0 Å². The van der Waals surface area contributed by atoms with Crippen LogP contribution >= 0.6 is 0 Å². The van der Waals surface area contributed by atoms with Gasteiger partial charge in [-0.3, -0.25) is 4.55 Å². The van der Waals surface area contributed by atoms with E-state index in [1.807, 2.05) is 0 Å². The molecule has 0 aromatic heterocycles. The van der Waals surface area contributed by atoms with E-state index >= 15 is 0 Å². The molecule has 0 aromatic carbocycles. The Balaban J connectivity index is 3.44. The standard InChI is InChI=1S/C4H7NO3S/c5-3-1-2-4-9(6,7)8/h1-2,4H2,(H,6,7,8). The molecule has 0 bridgehead atoms. The highest BCUT2D eigenvalue weighted by Gasteiger charge is 2.01. The molecule has 5 heteroatoms. The molecule has 0 spiro atoms. The van der Waals surface area contributed by atoms with Crippen molar-refractivity contribution < 1.29 is 13.0 Å². The minimum Gasteiger partial charge on any atom is -0.286 e. The summed E-state index contributed by atoms with van der Waals surface area (Å²) in [5.74, 6) is -0.319. The van der Waals surface area contributed by atoms with Crippen LogP contribution in [-0.2, 0) is 10.1 Å². The van der Waals surface area contributed by atoms with E-state index in [1.54, 1.807) is 6.07 Å². The van der Waals surface area contributed by atoms with Gasteiger partial charge in [-0.15, -0.1) is 0 Å². The zero-order valence-electron chi connectivity index (χ0n) is 4.74. The third kappa shape index (κ3) is 7.40. The summed E-state index contributed by atoms with van der Waals surface area (Å²) < 4.78 is 28.0. The predicted molar refractivity (Wildman–Crippen MR) is 31.3 cm³/mol. The van der Waals surface area contributed by atoms with Crippen LogP contribution in [0.25, 0.3) is 0 Å². The van der Waals surface area contributed by atoms with Crippen LogP contribution in [0.3, 0.4) is 0 Å². The zero-order valence-corrected chi connectivity index (χ0v) is 5.56. The molecular formula is C4H7NO3S. The molecule has 0 aliphatic rings. The highest BCUT2D eigenvalue weighted by Crippen LogP contribution is 1.90. The molecule has 0 saturated carbocycles. The molecule has 4 nitrogen and oxygen atoms in total. The maximum Gasteiger partial charge on any atom is 0.264 e. The van der Waals surface area contributed by atoms with Gasteiger partial charge in [0.15, 0.2) is 0 Å². The van der Waals surface area contributed by atoms with Crippen molar-refractivity contribution in [2.75, 3.05) is 5.75 Å². The molecule has 0 aliphatic carbocycles. The molecule has 0 aliphatic heterocycles. The van der Waals surface area contributed by atoms with Crippen molar-refractivity contribution >= 4 is 10.1 Å². The van der Waals surface area contributed by atoms with Crippen molar-refractivity contribution in [2.24, 2.45) is 0 Å². The molecular weight excluding hydrogens is 142 g/mol. The first kappa shape index (κ1) is 8.40. The normalized spacial score (nSPS) is 10.7. The number of rotatable bonds is 3. The van der Waals surface area contributed by atoms with Crippen molar-refractivity contribution in [1.29, 1.82) is 5.26 Å². The first-order valence-electron chi connectivity index (χ1n) is 2.38. The highest BCUT2D eigenvalue weighted by atomic mass is 32.2. The lowest BCUT2D eigenvalue weighted by molar-refractivity contribution is 0.481. The summed E-state index contributed by atoms with van der Waals surface area (Å²) in [5.41, 5.74) is 0. The van der Waals surface area contributed by atoms with Crippen molar-refractivity contribution in [3.63, 3.8) is 0 Å². The second-order valence-corrected chi connectivity index (χ2v) is 3.12. The van der Waals surface area contributed by atoms with E-state index in [2.05, 4.69) is 0 Å². The maximum absolute atomic E-state index is 9.95. The van der Waals surface area contributed by atoms with Crippen molar-refractivity contribution in [2.45, 2.75) is 12.8 Å². The molecule has 0 rings (SSSR count). The van der Waals surface area contributed by atoms with E-state index in [0.29, 0.717) is 0 Å². The summed E-state index contributed by atoms with van der Waals surface area (Å²) in [6.07, 6.45) is 0.370. The molecule has 0 saturated heterocycles. The lowest BCUT2D eigenvalue weighted by atomic mass is 10.4. The van der Waals surface area contributed by atoms with Gasteiger partial charge in [0.2, 0.25) is 0 Å². The van der Waals surface area contributed by atoms with Gasteiger partial charge in [0, 0.05) is 6.42 Å². The molecule has 52 valence electrons. The minimum atomic E-state index is -3.85. The molecule has 0 fully saturated rings. The van der Waals surface area contributed by atoms with Crippen molar-refractivity contribution in [3.05, 3.63) is 0 Å². The van der Waals surface area contributed by atoms with Gasteiger partial charge in [-0.1, -0.05) is 0 Å². The molecule has 1 N–H and O–H groups in total. The van der Waals surface area contributed by atoms with Gasteiger partial charge in [-0.2, -0.15) is 13.7 Å². The fraction of sp³-hybridized carbons (Fsp3) is 0.750. The average molecular weight is 149 g/mol. The van der Waals surface area contributed by atoms with Crippen molar-refractivity contribution in [3.8, 4) is 6.07 Å². The molecule has 0 radical (unpaired) electrons. The quantitative estimate of drug-likeness (QED) is 0.458. The van der Waals surface area contributed by atoms with Crippen LogP contribution in [0.15, 0.2) is 0 Å². The Morgan fingerprint density at radius 2 is 2.11 bits per heavy atom. The van der Waals surface area contributed by atoms with Crippen LogP contribution in [0.5, 0.6) is 0 Å². The van der Waals surface area contributed by atoms with E-state index in [9.17, 15) is 8.42 Å². The van der Waals surface area contributed by atoms with Gasteiger partial charge in [0.25, 0.3) is 10.1 Å². The summed E-state index contributed by atoms with van der Waals surface area (Å²) in [7, 11) is -3.85. The first-order chi connectivity index (χ1) is 4.06. The molecule has 0 amide bonds. The summed E-state index contributed by atoms with van der Waals surface area (Å²) >= 11 is 0. The van der Waals surface area contributed by atoms with E-state index in [0.717, 1.165) is 0 Å². The van der Waals surface area contributed by atoms with Crippen LogP contribution in [0.2, 0.25) is 0 Å². The van der Waals surface area contributed by atoms with E-state index in [-0.39, 0.29) is 18.6 Å². The number of unbranched alkanes of at least 4 members (excludes halogenated alkanes) is 1. The summed E-state index contributed by atoms with van der Waals surface area (Å²) in [4.78, 5) is 0. The Labute approximate surface area is 53.9 Å². The van der Waals surface area contributed by atoms with Crippen LogP contribution in [-0.4, -0.2) is 18.7 Å². The second kappa shape index (κ2) is 3.43. The maximum atomic E-state index is 9.95. The van der Waals surface area contributed by atoms with Crippen LogP contribution in [0.4, 0.5) is 0 Å². The summed E-state index contributed by atoms with van der Waals surface area (Å²) in [5, 5.41) is 7.94. The zero-order chi connectivity index (χ0) is 7.33. The van der Waals surface area contributed by atoms with Gasteiger partial charge in [-0.25, -0.2) is 0 Å². The Hall–Kier alpha value is -0.600. The molecule has 0 heterocycles. The number of hydrogen-bond acceptors (Lipinski definition) is 3. The Morgan fingerprint density at radius 1 is 1.56 bits per heavy atom. The van der Waals surface area contributed by atoms with Gasteiger partial charge in [0.1, 0.15) is 0 Å². The predicted octanol–water partition coefficient (Wildman–Crippen LogP) is 0.178. The molecule has 0 unspecified atom stereocenters. The minimum absolute atomic E-state index is 0.166. The lowest BCUT2D eigenvalue weighted by Crippen LogP contribution is -2.02. The van der Waals surface area contributed by atoms with Crippen LogP contribution in [0, 0.1) is 11.3 Å². The Bertz CT molecular complexity index is 200. The molecule has 0 atom stereocenters. The Morgan fingerprint density at radius 3 is 2.44 bits per heavy atom. The largest absolute Gasteiger partial charge is 0.286 e. The van der Waals surface area contributed by atoms with Gasteiger partial charge >= 0.3 is 0 Å². The molecule has 0 aromatic rings. The van der Waals surface area contributed by atoms with Crippen LogP contribution < -0.4 is 0 Å². The number of nitriles is 1. The fourth-order valence-electron chi connectivity index (χ4n) is 0.334. The van der Waals surface area contributed by atoms with Gasteiger partial charge < -0.3 is 0 Å². The van der Waals surface area contributed by atoms with E-state index < -0.39 is 10.1 Å². The number of hydrogen-bond donors (Lipinski definition) is 1. The smallest absolute Gasteiger partial charge is 0.264 e. The Kier molecular flexibility index (Phi) is 3.20. The topological polar surface area (TPSA) is 78.2 Å². The lowest BCUT2D eigenvalue weighted by Gasteiger charge is -1.88. The SMILES string of the molecule is N#CCCCS(=O)(=O)O. The number of nitrogens with zero attached hydrogens (tertiary/aromatic N) is 1. The fourth-order valence-corrected chi connectivity index (χ4v) is 0.843. The monoisotopic (exact) mass is 149 g/mol. The van der Waals surface area contributed by atoms with Gasteiger partial charge in [0.05, 0.1) is 11.8 Å². The third-order valence-corrected chi connectivity index (χ3v) is 1.50. The average Bonchev–Trinajstić information content (AvgIpc) is 1.63. The first-order valence-corrected chi connectivity index (χ1v) is 3.99. The van der Waals surface area contributed by atoms with E-state index in [1.165, 1.54) is 0 Å². The van der Waals surface area contributed by atoms with Crippen LogP contribution in [0.1, 0.15) is 12.8 Å². The second-order valence-electron chi connectivity index (χ2n) is 1.55. The summed E-state index contributed by atoms with van der Waals surface area (Å²) in [6, 6.07) is 1.76. The van der Waals surface area contributed by atoms with E-state index in [4.69, 9.17) is 9.81 Å². The third-order valence-electron chi connectivity index (χ3n) is 0.691. The summed E-state index contributed by atoms with van der Waals surface area (Å²) in [6.45, 7) is 0. The molecule has 9 heavy (non-hydrogen) atoms.